The summed E-state index contributed by atoms with van der Waals surface area (Å²) in [5.41, 5.74) is 0.517. The first-order valence-corrected chi connectivity index (χ1v) is 10.2. The van der Waals surface area contributed by atoms with Crippen LogP contribution in [0.25, 0.3) is 0 Å². The normalized spacial score (nSPS) is 22.6. The van der Waals surface area contributed by atoms with Crippen LogP contribution in [-0.4, -0.2) is 59.9 Å². The molecule has 1 aliphatic heterocycles. The maximum absolute atomic E-state index is 13.1. The van der Waals surface area contributed by atoms with Crippen LogP contribution in [-0.2, 0) is 4.79 Å². The van der Waals surface area contributed by atoms with Gasteiger partial charge in [0.2, 0.25) is 5.91 Å². The summed E-state index contributed by atoms with van der Waals surface area (Å²) in [7, 11) is 0. The van der Waals surface area contributed by atoms with Crippen LogP contribution in [0.4, 0.5) is 4.39 Å². The van der Waals surface area contributed by atoms with Crippen LogP contribution >= 0.6 is 0 Å². The highest BCUT2D eigenvalue weighted by molar-refractivity contribution is 5.94. The summed E-state index contributed by atoms with van der Waals surface area (Å²) in [5.74, 6) is 0.220. The lowest BCUT2D eigenvalue weighted by Crippen LogP contribution is -2.58. The van der Waals surface area contributed by atoms with Gasteiger partial charge < -0.3 is 10.2 Å². The zero-order valence-electron chi connectivity index (χ0n) is 15.7. The molecule has 1 saturated heterocycles. The molecule has 1 heterocycles. The van der Waals surface area contributed by atoms with Crippen LogP contribution in [0.2, 0.25) is 0 Å². The fraction of sp³-hybridized carbons (Fsp3) is 0.619. The Balaban J connectivity index is 1.38. The van der Waals surface area contributed by atoms with E-state index < -0.39 is 0 Å². The van der Waals surface area contributed by atoms with Crippen molar-refractivity contribution < 1.29 is 14.0 Å². The first kappa shape index (κ1) is 18.4. The molecule has 0 bridgehead atoms. The van der Waals surface area contributed by atoms with Crippen molar-refractivity contribution in [3.63, 3.8) is 0 Å². The minimum Gasteiger partial charge on any atom is -0.352 e. The summed E-state index contributed by atoms with van der Waals surface area (Å²) < 4.78 is 13.1. The third-order valence-electron chi connectivity index (χ3n) is 6.12. The molecule has 4 rings (SSSR count). The van der Waals surface area contributed by atoms with Crippen molar-refractivity contribution in [1.29, 1.82) is 0 Å². The van der Waals surface area contributed by atoms with Gasteiger partial charge in [-0.3, -0.25) is 14.5 Å². The van der Waals surface area contributed by atoms with Crippen molar-refractivity contribution in [2.75, 3.05) is 26.2 Å². The molecule has 0 unspecified atom stereocenters. The van der Waals surface area contributed by atoms with Crippen molar-refractivity contribution in [2.45, 2.75) is 50.6 Å². The number of nitrogens with one attached hydrogen (secondary N) is 1. The standard InChI is InChI=1S/C21H28FN3O2/c22-17-7-5-16(6-8-17)21(27)25-13-11-24(12-14-25)19(15-3-1-2-4-15)20(26)23-18-9-10-18/h5-8,15,18-19H,1-4,9-14H2,(H,23,26)/t19-/m1/s1. The molecule has 2 saturated carbocycles. The van der Waals surface area contributed by atoms with Gasteiger partial charge in [-0.25, -0.2) is 4.39 Å². The molecule has 5 nitrogen and oxygen atoms in total. The molecule has 2 aliphatic carbocycles. The van der Waals surface area contributed by atoms with Crippen LogP contribution < -0.4 is 5.32 Å². The van der Waals surface area contributed by atoms with Gasteiger partial charge in [0.25, 0.3) is 5.91 Å². The summed E-state index contributed by atoms with van der Waals surface area (Å²) in [6, 6.07) is 6.03. The second-order valence-electron chi connectivity index (χ2n) is 8.11. The average Bonchev–Trinajstić information content (AvgIpc) is 3.33. The monoisotopic (exact) mass is 373 g/mol. The van der Waals surface area contributed by atoms with Gasteiger partial charge in [0, 0.05) is 37.8 Å². The molecule has 1 atom stereocenters. The minimum atomic E-state index is -0.336. The SMILES string of the molecule is O=C(NC1CC1)[C@@H](C1CCCC1)N1CCN(C(=O)c2ccc(F)cc2)CC1. The van der Waals surface area contributed by atoms with Crippen LogP contribution in [0.5, 0.6) is 0 Å². The van der Waals surface area contributed by atoms with Gasteiger partial charge in [0.1, 0.15) is 5.82 Å². The molecular weight excluding hydrogens is 345 g/mol. The number of rotatable bonds is 5. The lowest BCUT2D eigenvalue weighted by atomic mass is 9.95. The predicted octanol–water partition coefficient (Wildman–Crippen LogP) is 2.42. The fourth-order valence-corrected chi connectivity index (χ4v) is 4.44. The van der Waals surface area contributed by atoms with Gasteiger partial charge in [0.15, 0.2) is 0 Å². The highest BCUT2D eigenvalue weighted by atomic mass is 19.1. The molecule has 1 aromatic rings. The quantitative estimate of drug-likeness (QED) is 0.862. The molecule has 27 heavy (non-hydrogen) atoms. The zero-order chi connectivity index (χ0) is 18.8. The summed E-state index contributed by atoms with van der Waals surface area (Å²) in [6.45, 7) is 2.64. The van der Waals surface area contributed by atoms with E-state index in [1.807, 2.05) is 4.90 Å². The number of halogens is 1. The number of carbonyl (C=O) groups is 2. The number of piperazine rings is 1. The van der Waals surface area contributed by atoms with Gasteiger partial charge in [0.05, 0.1) is 6.04 Å². The van der Waals surface area contributed by atoms with Crippen LogP contribution in [0.1, 0.15) is 48.9 Å². The molecule has 3 aliphatic rings. The van der Waals surface area contributed by atoms with Gasteiger partial charge in [-0.15, -0.1) is 0 Å². The van der Waals surface area contributed by atoms with E-state index in [2.05, 4.69) is 10.2 Å². The van der Waals surface area contributed by atoms with Crippen molar-refractivity contribution in [3.8, 4) is 0 Å². The van der Waals surface area contributed by atoms with E-state index in [1.165, 1.54) is 37.1 Å². The van der Waals surface area contributed by atoms with Crippen LogP contribution in [0.15, 0.2) is 24.3 Å². The Hall–Kier alpha value is -1.95. The Morgan fingerprint density at radius 2 is 1.59 bits per heavy atom. The third kappa shape index (κ3) is 4.32. The summed E-state index contributed by atoms with van der Waals surface area (Å²) in [4.78, 5) is 29.6. The van der Waals surface area contributed by atoms with Crippen LogP contribution in [0, 0.1) is 11.7 Å². The Kier molecular flexibility index (Phi) is 5.43. The Labute approximate surface area is 159 Å². The molecule has 0 radical (unpaired) electrons. The van der Waals surface area contributed by atoms with E-state index in [9.17, 15) is 14.0 Å². The number of hydrogen-bond donors (Lipinski definition) is 1. The third-order valence-corrected chi connectivity index (χ3v) is 6.12. The van der Waals surface area contributed by atoms with E-state index >= 15 is 0 Å². The largest absolute Gasteiger partial charge is 0.352 e. The number of nitrogens with zero attached hydrogens (tertiary/aromatic N) is 2. The lowest BCUT2D eigenvalue weighted by Gasteiger charge is -2.40. The van der Waals surface area contributed by atoms with Gasteiger partial charge in [-0.1, -0.05) is 12.8 Å². The van der Waals surface area contributed by atoms with Gasteiger partial charge in [-0.2, -0.15) is 0 Å². The second kappa shape index (κ2) is 7.97. The van der Waals surface area contributed by atoms with Crippen molar-refractivity contribution in [3.05, 3.63) is 35.6 Å². The molecule has 1 N–H and O–H groups in total. The summed E-state index contributed by atoms with van der Waals surface area (Å²) in [5, 5.41) is 3.20. The van der Waals surface area contributed by atoms with E-state index in [1.54, 1.807) is 0 Å². The molecule has 6 heteroatoms. The molecule has 0 aromatic heterocycles. The molecule has 2 amide bonds. The van der Waals surface area contributed by atoms with Crippen molar-refractivity contribution in [1.82, 2.24) is 15.1 Å². The maximum atomic E-state index is 13.1. The molecule has 3 fully saturated rings. The van der Waals surface area contributed by atoms with E-state index in [-0.39, 0.29) is 23.7 Å². The molecule has 146 valence electrons. The fourth-order valence-electron chi connectivity index (χ4n) is 4.44. The number of carbonyl (C=O) groups excluding carboxylic acids is 2. The van der Waals surface area contributed by atoms with Gasteiger partial charge >= 0.3 is 0 Å². The Bertz CT molecular complexity index is 675. The Morgan fingerprint density at radius 1 is 0.963 bits per heavy atom. The highest BCUT2D eigenvalue weighted by Crippen LogP contribution is 2.32. The van der Waals surface area contributed by atoms with E-state index in [4.69, 9.17) is 0 Å². The highest BCUT2D eigenvalue weighted by Gasteiger charge is 2.39. The second-order valence-corrected chi connectivity index (χ2v) is 8.11. The van der Waals surface area contributed by atoms with E-state index in [0.29, 0.717) is 43.7 Å². The average molecular weight is 373 g/mol. The van der Waals surface area contributed by atoms with E-state index in [0.717, 1.165) is 25.7 Å². The molecule has 1 aromatic carbocycles. The summed E-state index contributed by atoms with van der Waals surface area (Å²) in [6.07, 6.45) is 6.86. The smallest absolute Gasteiger partial charge is 0.253 e. The number of hydrogen-bond acceptors (Lipinski definition) is 3. The van der Waals surface area contributed by atoms with Crippen molar-refractivity contribution >= 4 is 11.8 Å². The zero-order valence-corrected chi connectivity index (χ0v) is 15.7. The first-order chi connectivity index (χ1) is 13.1. The number of benzene rings is 1. The molecule has 0 spiro atoms. The van der Waals surface area contributed by atoms with Crippen molar-refractivity contribution in [2.24, 2.45) is 5.92 Å². The minimum absolute atomic E-state index is 0.0591. The topological polar surface area (TPSA) is 52.7 Å². The maximum Gasteiger partial charge on any atom is 0.253 e. The van der Waals surface area contributed by atoms with Gasteiger partial charge in [-0.05, 0) is 55.9 Å². The predicted molar refractivity (Wildman–Crippen MR) is 101 cm³/mol. The van der Waals surface area contributed by atoms with Crippen LogP contribution in [0.3, 0.4) is 0 Å². The first-order valence-electron chi connectivity index (χ1n) is 10.2. The Morgan fingerprint density at radius 3 is 2.19 bits per heavy atom. The lowest BCUT2D eigenvalue weighted by molar-refractivity contribution is -0.129. The number of amides is 2. The molecular formula is C21H28FN3O2. The summed E-state index contributed by atoms with van der Waals surface area (Å²) >= 11 is 0.